The van der Waals surface area contributed by atoms with Crippen LogP contribution in [0, 0.1) is 6.92 Å². The molecular formula is C15H13NO3S. The van der Waals surface area contributed by atoms with E-state index in [-0.39, 0.29) is 5.97 Å². The molecule has 0 spiro atoms. The van der Waals surface area contributed by atoms with Crippen molar-refractivity contribution >= 4 is 37.6 Å². The Balaban J connectivity index is 2.52. The predicted octanol–water partition coefficient (Wildman–Crippen LogP) is 3.55. The monoisotopic (exact) mass is 287 g/mol. The molecule has 0 aliphatic heterocycles. The van der Waals surface area contributed by atoms with Crippen LogP contribution in [0.4, 0.5) is 0 Å². The zero-order valence-corrected chi connectivity index (χ0v) is 12.2. The number of fused-ring (bicyclic) bond motifs is 3. The highest BCUT2D eigenvalue weighted by molar-refractivity contribution is 7.25. The van der Waals surface area contributed by atoms with Crippen molar-refractivity contribution in [1.82, 2.24) is 4.98 Å². The summed E-state index contributed by atoms with van der Waals surface area (Å²) in [6.07, 6.45) is 0. The average Bonchev–Trinajstić information content (AvgIpc) is 2.83. The Morgan fingerprint density at radius 1 is 1.25 bits per heavy atom. The first-order valence-electron chi connectivity index (χ1n) is 6.11. The van der Waals surface area contributed by atoms with E-state index in [1.807, 2.05) is 25.1 Å². The molecule has 2 aromatic heterocycles. The normalized spacial score (nSPS) is 10.9. The van der Waals surface area contributed by atoms with Gasteiger partial charge in [-0.1, -0.05) is 6.07 Å². The van der Waals surface area contributed by atoms with Crippen LogP contribution in [0.3, 0.4) is 0 Å². The van der Waals surface area contributed by atoms with Crippen LogP contribution < -0.4 is 4.74 Å². The van der Waals surface area contributed by atoms with Crippen LogP contribution >= 0.6 is 11.3 Å². The molecule has 0 radical (unpaired) electrons. The van der Waals surface area contributed by atoms with Crippen LogP contribution in [0.5, 0.6) is 5.75 Å². The van der Waals surface area contributed by atoms with E-state index >= 15 is 0 Å². The van der Waals surface area contributed by atoms with E-state index in [1.54, 1.807) is 24.5 Å². The van der Waals surface area contributed by atoms with Gasteiger partial charge < -0.3 is 9.47 Å². The Labute approximate surface area is 120 Å². The molecule has 0 bridgehead atoms. The number of nitrogens with zero attached hydrogens (tertiary/aromatic N) is 1. The SMILES string of the molecule is COC(=O)c1cc(C)nc2sc3cccc(OC)c3c12. The fourth-order valence-electron chi connectivity index (χ4n) is 2.35. The zero-order valence-electron chi connectivity index (χ0n) is 11.4. The highest BCUT2D eigenvalue weighted by Crippen LogP contribution is 2.40. The number of hydrogen-bond acceptors (Lipinski definition) is 5. The lowest BCUT2D eigenvalue weighted by Gasteiger charge is -2.05. The number of pyridine rings is 1. The number of methoxy groups -OCH3 is 2. The van der Waals surface area contributed by atoms with E-state index in [4.69, 9.17) is 9.47 Å². The summed E-state index contributed by atoms with van der Waals surface area (Å²) in [4.78, 5) is 17.4. The maximum atomic E-state index is 12.0. The first kappa shape index (κ1) is 12.9. The van der Waals surface area contributed by atoms with Crippen LogP contribution in [-0.4, -0.2) is 25.2 Å². The number of benzene rings is 1. The predicted molar refractivity (Wildman–Crippen MR) is 79.8 cm³/mol. The van der Waals surface area contributed by atoms with Crippen LogP contribution in [0.1, 0.15) is 16.1 Å². The van der Waals surface area contributed by atoms with Crippen molar-refractivity contribution in [3.63, 3.8) is 0 Å². The number of carbonyl (C=O) groups is 1. The number of hydrogen-bond donors (Lipinski definition) is 0. The van der Waals surface area contributed by atoms with Crippen molar-refractivity contribution in [1.29, 1.82) is 0 Å². The van der Waals surface area contributed by atoms with E-state index in [0.29, 0.717) is 5.56 Å². The molecule has 20 heavy (non-hydrogen) atoms. The first-order chi connectivity index (χ1) is 9.65. The summed E-state index contributed by atoms with van der Waals surface area (Å²) in [6, 6.07) is 7.57. The molecule has 0 fully saturated rings. The molecule has 0 aliphatic rings. The van der Waals surface area contributed by atoms with Crippen LogP contribution in [0.2, 0.25) is 0 Å². The van der Waals surface area contributed by atoms with Gasteiger partial charge in [-0.2, -0.15) is 0 Å². The molecule has 0 saturated carbocycles. The Morgan fingerprint density at radius 3 is 2.75 bits per heavy atom. The third kappa shape index (κ3) is 1.82. The third-order valence-corrected chi connectivity index (χ3v) is 4.23. The van der Waals surface area contributed by atoms with E-state index in [1.165, 1.54) is 7.11 Å². The lowest BCUT2D eigenvalue weighted by Crippen LogP contribution is -2.03. The maximum absolute atomic E-state index is 12.0. The van der Waals surface area contributed by atoms with E-state index < -0.39 is 0 Å². The smallest absolute Gasteiger partial charge is 0.338 e. The van der Waals surface area contributed by atoms with Crippen molar-refractivity contribution in [2.45, 2.75) is 6.92 Å². The van der Waals surface area contributed by atoms with Gasteiger partial charge in [0.1, 0.15) is 10.6 Å². The lowest BCUT2D eigenvalue weighted by atomic mass is 10.1. The Morgan fingerprint density at radius 2 is 2.05 bits per heavy atom. The minimum Gasteiger partial charge on any atom is -0.496 e. The molecule has 0 saturated heterocycles. The summed E-state index contributed by atoms with van der Waals surface area (Å²) in [5.74, 6) is 0.385. The topological polar surface area (TPSA) is 48.4 Å². The molecule has 2 heterocycles. The molecule has 5 heteroatoms. The minimum atomic E-state index is -0.355. The molecule has 0 aliphatic carbocycles. The third-order valence-electron chi connectivity index (χ3n) is 3.18. The molecule has 3 rings (SSSR count). The van der Waals surface area contributed by atoms with Gasteiger partial charge >= 0.3 is 5.97 Å². The highest BCUT2D eigenvalue weighted by atomic mass is 32.1. The number of esters is 1. The Bertz CT molecular complexity index is 823. The molecule has 0 unspecified atom stereocenters. The van der Waals surface area contributed by atoms with Crippen LogP contribution in [0.25, 0.3) is 20.3 Å². The average molecular weight is 287 g/mol. The molecular weight excluding hydrogens is 274 g/mol. The fourth-order valence-corrected chi connectivity index (χ4v) is 3.51. The Hall–Kier alpha value is -2.14. The maximum Gasteiger partial charge on any atom is 0.338 e. The highest BCUT2D eigenvalue weighted by Gasteiger charge is 2.19. The fraction of sp³-hybridized carbons (Fsp3) is 0.200. The van der Waals surface area contributed by atoms with Crippen molar-refractivity contribution < 1.29 is 14.3 Å². The molecule has 0 atom stereocenters. The Kier molecular flexibility index (Phi) is 3.06. The van der Waals surface area contributed by atoms with Crippen molar-refractivity contribution in [3.8, 4) is 5.75 Å². The standard InChI is InChI=1S/C15H13NO3S/c1-8-7-9(15(17)19-3)12-13-10(18-2)5-4-6-11(13)20-14(12)16-8/h4-7H,1-3H3. The molecule has 0 N–H and O–H groups in total. The van der Waals surface area contributed by atoms with Gasteiger partial charge in [0.2, 0.25) is 0 Å². The summed E-state index contributed by atoms with van der Waals surface area (Å²) in [6.45, 7) is 1.87. The number of aryl methyl sites for hydroxylation is 1. The summed E-state index contributed by atoms with van der Waals surface area (Å²) in [7, 11) is 3.01. The van der Waals surface area contributed by atoms with Crippen LogP contribution in [0.15, 0.2) is 24.3 Å². The number of ether oxygens (including phenoxy) is 2. The van der Waals surface area contributed by atoms with Gasteiger partial charge in [-0.15, -0.1) is 11.3 Å². The van der Waals surface area contributed by atoms with Gasteiger partial charge in [0.05, 0.1) is 19.8 Å². The number of aromatic nitrogens is 1. The van der Waals surface area contributed by atoms with E-state index in [2.05, 4.69) is 4.98 Å². The lowest BCUT2D eigenvalue weighted by molar-refractivity contribution is 0.0603. The molecule has 4 nitrogen and oxygen atoms in total. The summed E-state index contributed by atoms with van der Waals surface area (Å²) < 4.78 is 11.4. The second-order valence-corrected chi connectivity index (χ2v) is 5.45. The van der Waals surface area contributed by atoms with Gasteiger partial charge in [0, 0.05) is 21.2 Å². The second kappa shape index (κ2) is 4.76. The largest absolute Gasteiger partial charge is 0.496 e. The molecule has 1 aromatic carbocycles. The first-order valence-corrected chi connectivity index (χ1v) is 6.92. The summed E-state index contributed by atoms with van der Waals surface area (Å²) >= 11 is 1.55. The number of thiophene rings is 1. The minimum absolute atomic E-state index is 0.355. The number of rotatable bonds is 2. The van der Waals surface area contributed by atoms with Gasteiger partial charge in [0.15, 0.2) is 0 Å². The summed E-state index contributed by atoms with van der Waals surface area (Å²) in [5.41, 5.74) is 1.33. The van der Waals surface area contributed by atoms with Gasteiger partial charge in [-0.25, -0.2) is 9.78 Å². The molecule has 3 aromatic rings. The van der Waals surface area contributed by atoms with E-state index in [9.17, 15) is 4.79 Å². The van der Waals surface area contributed by atoms with Crippen molar-refractivity contribution in [3.05, 3.63) is 35.5 Å². The van der Waals surface area contributed by atoms with Crippen molar-refractivity contribution in [2.24, 2.45) is 0 Å². The van der Waals surface area contributed by atoms with Crippen molar-refractivity contribution in [2.75, 3.05) is 14.2 Å². The van der Waals surface area contributed by atoms with Gasteiger partial charge in [-0.3, -0.25) is 0 Å². The quantitative estimate of drug-likeness (QED) is 0.676. The summed E-state index contributed by atoms with van der Waals surface area (Å²) in [5, 5.41) is 1.72. The zero-order chi connectivity index (χ0) is 14.3. The second-order valence-electron chi connectivity index (χ2n) is 4.42. The van der Waals surface area contributed by atoms with E-state index in [0.717, 1.165) is 31.7 Å². The van der Waals surface area contributed by atoms with Gasteiger partial charge in [0.25, 0.3) is 0 Å². The van der Waals surface area contributed by atoms with Gasteiger partial charge in [-0.05, 0) is 25.1 Å². The molecule has 0 amide bonds. The van der Waals surface area contributed by atoms with Crippen LogP contribution in [-0.2, 0) is 4.74 Å². The number of carbonyl (C=O) groups excluding carboxylic acids is 1. The molecule has 102 valence electrons.